The third-order valence-corrected chi connectivity index (χ3v) is 4.58. The largest absolute Gasteiger partial charge is 0.467 e. The number of fused-ring (bicyclic) bond motifs is 1. The van der Waals surface area contributed by atoms with E-state index in [4.69, 9.17) is 10.5 Å². The molecule has 0 aliphatic carbocycles. The standard InChI is InChI=1S/C15H18BrN3O2S/c1-21-15(20)12(6-7-22-2)19-14-13-9(10(16)8-18-14)4-3-5-11(13)17/h3-5,8,12H,6-7,17H2,1-2H3,(H,18,19)/t12-/m0/s1. The van der Waals surface area contributed by atoms with E-state index in [2.05, 4.69) is 26.2 Å². The molecule has 2 aromatic rings. The number of carbonyl (C=O) groups is 1. The van der Waals surface area contributed by atoms with Crippen molar-refractivity contribution in [2.24, 2.45) is 0 Å². The molecule has 0 unspecified atom stereocenters. The van der Waals surface area contributed by atoms with Crippen LogP contribution in [0, 0.1) is 0 Å². The van der Waals surface area contributed by atoms with Gasteiger partial charge in [-0.3, -0.25) is 0 Å². The van der Waals surface area contributed by atoms with Gasteiger partial charge in [-0.15, -0.1) is 0 Å². The minimum absolute atomic E-state index is 0.304. The lowest BCUT2D eigenvalue weighted by Gasteiger charge is -2.18. The number of nitrogens with two attached hydrogens (primary N) is 1. The maximum Gasteiger partial charge on any atom is 0.328 e. The van der Waals surface area contributed by atoms with E-state index in [1.54, 1.807) is 18.0 Å². The Balaban J connectivity index is 2.41. The first-order valence-electron chi connectivity index (χ1n) is 6.74. The van der Waals surface area contributed by atoms with Gasteiger partial charge in [-0.05, 0) is 40.4 Å². The van der Waals surface area contributed by atoms with E-state index in [0.717, 1.165) is 21.0 Å². The number of nitrogen functional groups attached to an aromatic ring is 1. The molecule has 1 atom stereocenters. The number of carbonyl (C=O) groups excluding carboxylic acids is 1. The second-order valence-corrected chi connectivity index (χ2v) is 6.57. The number of thioether (sulfide) groups is 1. The summed E-state index contributed by atoms with van der Waals surface area (Å²) in [6.07, 6.45) is 4.35. The molecule has 0 fully saturated rings. The summed E-state index contributed by atoms with van der Waals surface area (Å²) in [5, 5.41) is 4.93. The summed E-state index contributed by atoms with van der Waals surface area (Å²) >= 11 is 5.15. The van der Waals surface area contributed by atoms with Crippen LogP contribution >= 0.6 is 27.7 Å². The number of nitrogens with zero attached hydrogens (tertiary/aromatic N) is 1. The van der Waals surface area contributed by atoms with Crippen molar-refractivity contribution in [1.82, 2.24) is 4.98 Å². The molecular weight excluding hydrogens is 366 g/mol. The average Bonchev–Trinajstić information content (AvgIpc) is 2.53. The first kappa shape index (κ1) is 16.9. The molecule has 0 aliphatic heterocycles. The molecule has 3 N–H and O–H groups in total. The number of halogens is 1. The van der Waals surface area contributed by atoms with E-state index in [1.807, 2.05) is 24.5 Å². The molecule has 0 radical (unpaired) electrons. The Hall–Kier alpha value is -1.47. The molecule has 0 spiro atoms. The lowest BCUT2D eigenvalue weighted by Crippen LogP contribution is -2.31. The van der Waals surface area contributed by atoms with E-state index in [9.17, 15) is 4.79 Å². The first-order valence-corrected chi connectivity index (χ1v) is 8.93. The predicted molar refractivity (Wildman–Crippen MR) is 96.3 cm³/mol. The quantitative estimate of drug-likeness (QED) is 0.588. The van der Waals surface area contributed by atoms with Crippen LogP contribution in [-0.4, -0.2) is 36.1 Å². The Kier molecular flexibility index (Phi) is 5.90. The second kappa shape index (κ2) is 7.69. The van der Waals surface area contributed by atoms with Crippen molar-refractivity contribution in [3.63, 3.8) is 0 Å². The average molecular weight is 384 g/mol. The van der Waals surface area contributed by atoms with Crippen LogP contribution in [0.15, 0.2) is 28.9 Å². The molecule has 0 amide bonds. The Morgan fingerprint density at radius 2 is 2.32 bits per heavy atom. The van der Waals surface area contributed by atoms with Crippen molar-refractivity contribution in [1.29, 1.82) is 0 Å². The van der Waals surface area contributed by atoms with Crippen molar-refractivity contribution >= 4 is 55.9 Å². The van der Waals surface area contributed by atoms with Crippen LogP contribution in [0.25, 0.3) is 10.8 Å². The van der Waals surface area contributed by atoms with Gasteiger partial charge in [-0.1, -0.05) is 12.1 Å². The lowest BCUT2D eigenvalue weighted by atomic mass is 10.1. The fourth-order valence-corrected chi connectivity index (χ4v) is 3.09. The molecular formula is C15H18BrN3O2S. The zero-order valence-electron chi connectivity index (χ0n) is 12.4. The number of nitrogens with one attached hydrogen (secondary N) is 1. The molecule has 118 valence electrons. The Labute approximate surface area is 142 Å². The third-order valence-electron chi connectivity index (χ3n) is 3.31. The van der Waals surface area contributed by atoms with Crippen LogP contribution in [0.3, 0.4) is 0 Å². The minimum atomic E-state index is -0.450. The van der Waals surface area contributed by atoms with Gasteiger partial charge in [0.15, 0.2) is 0 Å². The van der Waals surface area contributed by atoms with Crippen molar-refractivity contribution in [3.8, 4) is 0 Å². The monoisotopic (exact) mass is 383 g/mol. The number of rotatable bonds is 6. The molecule has 0 saturated carbocycles. The van der Waals surface area contributed by atoms with Gasteiger partial charge in [0.05, 0.1) is 7.11 Å². The number of anilines is 2. The summed E-state index contributed by atoms with van der Waals surface area (Å²) in [5.41, 5.74) is 6.70. The van der Waals surface area contributed by atoms with E-state index < -0.39 is 6.04 Å². The fraction of sp³-hybridized carbons (Fsp3) is 0.333. The highest BCUT2D eigenvalue weighted by molar-refractivity contribution is 9.10. The topological polar surface area (TPSA) is 77.2 Å². The summed E-state index contributed by atoms with van der Waals surface area (Å²) in [7, 11) is 1.39. The Bertz CT molecular complexity index is 681. The van der Waals surface area contributed by atoms with Crippen LogP contribution in [0.4, 0.5) is 11.5 Å². The summed E-state index contributed by atoms with van der Waals surface area (Å²) < 4.78 is 5.73. The predicted octanol–water partition coefficient (Wildman–Crippen LogP) is 3.29. The zero-order valence-corrected chi connectivity index (χ0v) is 14.8. The SMILES string of the molecule is COC(=O)[C@H](CCSC)Nc1ncc(Br)c2cccc(N)c12. The number of hydrogen-bond acceptors (Lipinski definition) is 6. The van der Waals surface area contributed by atoms with Crippen molar-refractivity contribution < 1.29 is 9.53 Å². The highest BCUT2D eigenvalue weighted by Gasteiger charge is 2.21. The lowest BCUT2D eigenvalue weighted by molar-refractivity contribution is -0.141. The molecule has 0 aliphatic rings. The molecule has 0 bridgehead atoms. The van der Waals surface area contributed by atoms with Crippen LogP contribution < -0.4 is 11.1 Å². The van der Waals surface area contributed by atoms with Crippen molar-refractivity contribution in [3.05, 3.63) is 28.9 Å². The van der Waals surface area contributed by atoms with Gasteiger partial charge in [0.2, 0.25) is 0 Å². The number of hydrogen-bond donors (Lipinski definition) is 2. The third kappa shape index (κ3) is 3.64. The number of methoxy groups -OCH3 is 1. The van der Waals surface area contributed by atoms with Gasteiger partial charge < -0.3 is 15.8 Å². The molecule has 0 saturated heterocycles. The Morgan fingerprint density at radius 3 is 3.00 bits per heavy atom. The Morgan fingerprint density at radius 1 is 1.55 bits per heavy atom. The minimum Gasteiger partial charge on any atom is -0.467 e. The normalized spacial score (nSPS) is 12.1. The summed E-state index contributed by atoms with van der Waals surface area (Å²) in [6.45, 7) is 0. The van der Waals surface area contributed by atoms with Gasteiger partial charge in [0, 0.05) is 27.1 Å². The van der Waals surface area contributed by atoms with Crippen molar-refractivity contribution in [2.75, 3.05) is 30.2 Å². The molecule has 5 nitrogen and oxygen atoms in total. The highest BCUT2D eigenvalue weighted by Crippen LogP contribution is 2.32. The van der Waals surface area contributed by atoms with E-state index in [0.29, 0.717) is 17.9 Å². The second-order valence-electron chi connectivity index (χ2n) is 4.73. The van der Waals surface area contributed by atoms with E-state index >= 15 is 0 Å². The molecule has 1 heterocycles. The molecule has 7 heteroatoms. The van der Waals surface area contributed by atoms with E-state index in [-0.39, 0.29) is 5.97 Å². The van der Waals surface area contributed by atoms with Gasteiger partial charge in [0.25, 0.3) is 0 Å². The van der Waals surface area contributed by atoms with Crippen LogP contribution in [0.2, 0.25) is 0 Å². The number of pyridine rings is 1. The van der Waals surface area contributed by atoms with Gasteiger partial charge in [0.1, 0.15) is 11.9 Å². The van der Waals surface area contributed by atoms with Crippen LogP contribution in [0.1, 0.15) is 6.42 Å². The number of ether oxygens (including phenoxy) is 1. The summed E-state index contributed by atoms with van der Waals surface area (Å²) in [6, 6.07) is 5.21. The van der Waals surface area contributed by atoms with Crippen LogP contribution in [0.5, 0.6) is 0 Å². The zero-order chi connectivity index (χ0) is 16.1. The molecule has 2 rings (SSSR count). The molecule has 22 heavy (non-hydrogen) atoms. The van der Waals surface area contributed by atoms with Crippen LogP contribution in [-0.2, 0) is 9.53 Å². The number of esters is 1. The smallest absolute Gasteiger partial charge is 0.328 e. The first-order chi connectivity index (χ1) is 10.6. The van der Waals surface area contributed by atoms with Gasteiger partial charge in [-0.25, -0.2) is 9.78 Å². The number of aromatic nitrogens is 1. The van der Waals surface area contributed by atoms with E-state index in [1.165, 1.54) is 7.11 Å². The molecule has 1 aromatic carbocycles. The van der Waals surface area contributed by atoms with Crippen molar-refractivity contribution in [2.45, 2.75) is 12.5 Å². The highest BCUT2D eigenvalue weighted by atomic mass is 79.9. The van der Waals surface area contributed by atoms with Gasteiger partial charge >= 0.3 is 5.97 Å². The fourth-order valence-electron chi connectivity index (χ4n) is 2.19. The van der Waals surface area contributed by atoms with Gasteiger partial charge in [-0.2, -0.15) is 11.8 Å². The number of benzene rings is 1. The summed E-state index contributed by atoms with van der Waals surface area (Å²) in [4.78, 5) is 16.3. The molecule has 1 aromatic heterocycles. The maximum absolute atomic E-state index is 11.9. The summed E-state index contributed by atoms with van der Waals surface area (Å²) in [5.74, 6) is 1.13. The maximum atomic E-state index is 11.9.